The zero-order chi connectivity index (χ0) is 18.0. The molecule has 128 valence electrons. The maximum absolute atomic E-state index is 12.3. The van der Waals surface area contributed by atoms with Crippen LogP contribution in [-0.4, -0.2) is 19.7 Å². The molecule has 25 heavy (non-hydrogen) atoms. The maximum atomic E-state index is 12.3. The van der Waals surface area contributed by atoms with Crippen LogP contribution >= 0.6 is 0 Å². The van der Waals surface area contributed by atoms with E-state index < -0.39 is 10.0 Å². The van der Waals surface area contributed by atoms with E-state index in [1.165, 1.54) is 30.3 Å². The fraction of sp³-hybridized carbons (Fsp3) is 0.0588. The quantitative estimate of drug-likeness (QED) is 0.548. The van der Waals surface area contributed by atoms with Gasteiger partial charge in [-0.3, -0.25) is 4.79 Å². The number of hydrogen-bond donors (Lipinski definition) is 2. The van der Waals surface area contributed by atoms with Crippen molar-refractivity contribution in [3.8, 4) is 5.75 Å². The van der Waals surface area contributed by atoms with Crippen LogP contribution < -0.4 is 10.3 Å². The van der Waals surface area contributed by atoms with Gasteiger partial charge in [0, 0.05) is 6.07 Å². The van der Waals surface area contributed by atoms with Gasteiger partial charge in [0.15, 0.2) is 0 Å². The van der Waals surface area contributed by atoms with Crippen LogP contribution in [0.5, 0.6) is 5.75 Å². The molecule has 1 aromatic heterocycles. The van der Waals surface area contributed by atoms with Crippen molar-refractivity contribution >= 4 is 27.2 Å². The molecular weight excluding hydrogens is 344 g/mol. The van der Waals surface area contributed by atoms with Gasteiger partial charge < -0.3 is 9.52 Å². The van der Waals surface area contributed by atoms with E-state index in [1.807, 2.05) is 11.8 Å². The molecule has 3 rings (SSSR count). The number of fused-ring (bicyclic) bond motifs is 1. The monoisotopic (exact) mass is 358 g/mol. The second kappa shape index (κ2) is 6.40. The van der Waals surface area contributed by atoms with E-state index in [-0.39, 0.29) is 32.6 Å². The van der Waals surface area contributed by atoms with Gasteiger partial charge in [0.05, 0.1) is 22.1 Å². The Labute approximate surface area is 143 Å². The standard InChI is InChI=1S/C17H14N2O5S/c1-11-2-5-14(6-3-11)25(22,23)19-18-9-12-10-24-16-8-13(20)4-7-15(16)17(12)21/h2-10,19-20H,1H3/b18-9+. The van der Waals surface area contributed by atoms with Crippen LogP contribution in [0.15, 0.2) is 67.9 Å². The molecule has 0 radical (unpaired) electrons. The summed E-state index contributed by atoms with van der Waals surface area (Å²) in [5.41, 5.74) is 0.842. The van der Waals surface area contributed by atoms with E-state index in [4.69, 9.17) is 4.42 Å². The Morgan fingerprint density at radius 2 is 1.88 bits per heavy atom. The topological polar surface area (TPSA) is 109 Å². The number of nitrogens with one attached hydrogen (secondary N) is 1. The summed E-state index contributed by atoms with van der Waals surface area (Å²) in [4.78, 5) is 14.4. The van der Waals surface area contributed by atoms with Crippen LogP contribution in [0, 0.1) is 6.92 Å². The van der Waals surface area contributed by atoms with Gasteiger partial charge in [-0.25, -0.2) is 4.83 Å². The number of hydrogen-bond acceptors (Lipinski definition) is 6. The van der Waals surface area contributed by atoms with E-state index in [0.29, 0.717) is 0 Å². The predicted octanol–water partition coefficient (Wildman–Crippen LogP) is 2.12. The van der Waals surface area contributed by atoms with Crippen molar-refractivity contribution in [3.63, 3.8) is 0 Å². The molecule has 1 heterocycles. The number of sulfonamides is 1. The van der Waals surface area contributed by atoms with Gasteiger partial charge in [-0.15, -0.1) is 0 Å². The summed E-state index contributed by atoms with van der Waals surface area (Å²) >= 11 is 0. The molecule has 0 aliphatic carbocycles. The van der Waals surface area contributed by atoms with Crippen molar-refractivity contribution < 1.29 is 17.9 Å². The molecule has 0 saturated heterocycles. The van der Waals surface area contributed by atoms with Crippen molar-refractivity contribution in [2.45, 2.75) is 11.8 Å². The number of aromatic hydroxyl groups is 1. The number of rotatable bonds is 4. The molecule has 0 spiro atoms. The second-order valence-corrected chi connectivity index (χ2v) is 7.03. The minimum absolute atomic E-state index is 0.0251. The zero-order valence-corrected chi connectivity index (χ0v) is 13.9. The lowest BCUT2D eigenvalue weighted by Crippen LogP contribution is -2.19. The summed E-state index contributed by atoms with van der Waals surface area (Å²) in [6, 6.07) is 10.4. The SMILES string of the molecule is Cc1ccc(S(=O)(=O)N/N=C/c2coc3cc(O)ccc3c2=O)cc1. The zero-order valence-electron chi connectivity index (χ0n) is 13.1. The van der Waals surface area contributed by atoms with Gasteiger partial charge in [0.1, 0.15) is 17.6 Å². The van der Waals surface area contributed by atoms with E-state index in [2.05, 4.69) is 5.10 Å². The first-order valence-electron chi connectivity index (χ1n) is 7.23. The summed E-state index contributed by atoms with van der Waals surface area (Å²) < 4.78 is 29.5. The Kier molecular flexibility index (Phi) is 4.28. The first kappa shape index (κ1) is 16.7. The third-order valence-electron chi connectivity index (χ3n) is 3.49. The normalized spacial score (nSPS) is 11.9. The largest absolute Gasteiger partial charge is 0.508 e. The molecule has 0 bridgehead atoms. The molecule has 8 heteroatoms. The first-order chi connectivity index (χ1) is 11.9. The summed E-state index contributed by atoms with van der Waals surface area (Å²) in [5.74, 6) is -0.0251. The molecule has 0 amide bonds. The number of phenols is 1. The molecule has 7 nitrogen and oxygen atoms in total. The van der Waals surface area contributed by atoms with Gasteiger partial charge in [-0.2, -0.15) is 13.5 Å². The molecule has 0 atom stereocenters. The van der Waals surface area contributed by atoms with Crippen molar-refractivity contribution in [3.05, 3.63) is 70.1 Å². The Bertz CT molecular complexity index is 1120. The Balaban J connectivity index is 1.86. The lowest BCUT2D eigenvalue weighted by Gasteiger charge is -2.03. The molecule has 2 aromatic carbocycles. The Morgan fingerprint density at radius 1 is 1.16 bits per heavy atom. The third kappa shape index (κ3) is 3.53. The third-order valence-corrected chi connectivity index (χ3v) is 4.73. The van der Waals surface area contributed by atoms with E-state index in [1.54, 1.807) is 12.1 Å². The highest BCUT2D eigenvalue weighted by Gasteiger charge is 2.12. The van der Waals surface area contributed by atoms with Crippen LogP contribution in [0.25, 0.3) is 11.0 Å². The minimum atomic E-state index is -3.82. The summed E-state index contributed by atoms with van der Waals surface area (Å²) in [7, 11) is -3.82. The van der Waals surface area contributed by atoms with E-state index in [9.17, 15) is 18.3 Å². The highest BCUT2D eigenvalue weighted by Crippen LogP contribution is 2.17. The van der Waals surface area contributed by atoms with Gasteiger partial charge in [-0.1, -0.05) is 17.7 Å². The van der Waals surface area contributed by atoms with Gasteiger partial charge >= 0.3 is 0 Å². The highest BCUT2D eigenvalue weighted by atomic mass is 32.2. The van der Waals surface area contributed by atoms with Crippen LogP contribution in [-0.2, 0) is 10.0 Å². The van der Waals surface area contributed by atoms with Gasteiger partial charge in [0.25, 0.3) is 10.0 Å². The van der Waals surface area contributed by atoms with E-state index in [0.717, 1.165) is 18.0 Å². The van der Waals surface area contributed by atoms with Crippen LogP contribution in [0.3, 0.4) is 0 Å². The molecule has 3 aromatic rings. The van der Waals surface area contributed by atoms with Gasteiger partial charge in [-0.05, 0) is 31.2 Å². The average molecular weight is 358 g/mol. The second-order valence-electron chi connectivity index (χ2n) is 5.37. The summed E-state index contributed by atoms with van der Waals surface area (Å²) in [5, 5.41) is 13.3. The minimum Gasteiger partial charge on any atom is -0.508 e. The smallest absolute Gasteiger partial charge is 0.276 e. The van der Waals surface area contributed by atoms with Crippen molar-refractivity contribution in [1.82, 2.24) is 4.83 Å². The highest BCUT2D eigenvalue weighted by molar-refractivity contribution is 7.89. The van der Waals surface area contributed by atoms with Crippen molar-refractivity contribution in [1.29, 1.82) is 0 Å². The molecular formula is C17H14N2O5S. The fourth-order valence-electron chi connectivity index (χ4n) is 2.16. The van der Waals surface area contributed by atoms with Gasteiger partial charge in [0.2, 0.25) is 5.43 Å². The molecule has 0 aliphatic rings. The number of nitrogens with zero attached hydrogens (tertiary/aromatic N) is 1. The molecule has 0 unspecified atom stereocenters. The molecule has 0 saturated carbocycles. The first-order valence-corrected chi connectivity index (χ1v) is 8.71. The lowest BCUT2D eigenvalue weighted by molar-refractivity contribution is 0.474. The molecule has 0 fully saturated rings. The van der Waals surface area contributed by atoms with Crippen molar-refractivity contribution in [2.24, 2.45) is 5.10 Å². The van der Waals surface area contributed by atoms with E-state index >= 15 is 0 Å². The number of aryl methyl sites for hydroxylation is 1. The van der Waals surface area contributed by atoms with Crippen molar-refractivity contribution in [2.75, 3.05) is 0 Å². The fourth-order valence-corrected chi connectivity index (χ4v) is 2.95. The number of phenolic OH excluding ortho intramolecular Hbond substituents is 1. The predicted molar refractivity (Wildman–Crippen MR) is 93.2 cm³/mol. The van der Waals surface area contributed by atoms with Crippen LogP contribution in [0.4, 0.5) is 0 Å². The van der Waals surface area contributed by atoms with Crippen LogP contribution in [0.2, 0.25) is 0 Å². The number of benzene rings is 2. The van der Waals surface area contributed by atoms with Crippen LogP contribution in [0.1, 0.15) is 11.1 Å². The maximum Gasteiger partial charge on any atom is 0.276 e. The Morgan fingerprint density at radius 3 is 2.60 bits per heavy atom. The summed E-state index contributed by atoms with van der Waals surface area (Å²) in [6.07, 6.45) is 2.22. The number of hydrazone groups is 1. The summed E-state index contributed by atoms with van der Waals surface area (Å²) in [6.45, 7) is 1.85. The molecule has 2 N–H and O–H groups in total. The average Bonchev–Trinajstić information content (AvgIpc) is 2.57. The Hall–Kier alpha value is -3.13. The molecule has 0 aliphatic heterocycles. The lowest BCUT2D eigenvalue weighted by atomic mass is 10.2.